The number of rotatable bonds is 15. The number of halogens is 2. The van der Waals surface area contributed by atoms with E-state index in [0.717, 1.165) is 65.1 Å². The van der Waals surface area contributed by atoms with E-state index in [1.54, 1.807) is 23.6 Å². The smallest absolute Gasteiger partial charge is 0.142 e. The van der Waals surface area contributed by atoms with Crippen molar-refractivity contribution in [3.8, 4) is 34.4 Å². The Bertz CT molecular complexity index is 2030. The molecule has 1 atom stereocenters. The van der Waals surface area contributed by atoms with Gasteiger partial charge in [-0.1, -0.05) is 53.5 Å². The molecule has 0 radical (unpaired) electrons. The van der Waals surface area contributed by atoms with Crippen molar-refractivity contribution in [2.75, 3.05) is 33.3 Å². The van der Waals surface area contributed by atoms with Crippen LogP contribution >= 0.6 is 34.5 Å². The molecule has 1 fully saturated rings. The zero-order valence-electron chi connectivity index (χ0n) is 29.8. The fourth-order valence-electron chi connectivity index (χ4n) is 6.47. The third-order valence-corrected chi connectivity index (χ3v) is 11.1. The molecule has 0 spiro atoms. The highest BCUT2D eigenvalue weighted by Crippen LogP contribution is 2.39. The molecule has 11 heteroatoms. The maximum atomic E-state index is 9.33. The zero-order chi connectivity index (χ0) is 36.5. The van der Waals surface area contributed by atoms with Crippen LogP contribution in [-0.4, -0.2) is 48.2 Å². The minimum Gasteiger partial charge on any atom is -0.492 e. The van der Waals surface area contributed by atoms with Gasteiger partial charge in [-0.05, 0) is 81.6 Å². The highest BCUT2D eigenvalue weighted by atomic mass is 35.5. The number of benzene rings is 3. The summed E-state index contributed by atoms with van der Waals surface area (Å²) in [6, 6.07) is 19.8. The lowest BCUT2D eigenvalue weighted by Crippen LogP contribution is -2.34. The fourth-order valence-corrected chi connectivity index (χ4v) is 7.78. The Kier molecular flexibility index (Phi) is 13.0. The Hall–Kier alpha value is -4.17. The average Bonchev–Trinajstić information content (AvgIpc) is 3.56. The van der Waals surface area contributed by atoms with Gasteiger partial charge in [-0.3, -0.25) is 4.98 Å². The molecule has 8 nitrogen and oxygen atoms in total. The molecule has 0 amide bonds. The fraction of sp³-hybridized carbons (Fsp3) is 0.341. The van der Waals surface area contributed by atoms with Crippen molar-refractivity contribution in [1.29, 1.82) is 5.26 Å². The second-order valence-corrected chi connectivity index (χ2v) is 15.0. The van der Waals surface area contributed by atoms with Crippen LogP contribution in [0, 0.1) is 31.1 Å². The van der Waals surface area contributed by atoms with Crippen LogP contribution in [0.1, 0.15) is 51.2 Å². The summed E-state index contributed by atoms with van der Waals surface area (Å²) in [7, 11) is 2.16. The first-order valence-electron chi connectivity index (χ1n) is 17.5. The largest absolute Gasteiger partial charge is 0.492 e. The number of hydrogen-bond acceptors (Lipinski definition) is 9. The van der Waals surface area contributed by atoms with Crippen molar-refractivity contribution >= 4 is 34.5 Å². The van der Waals surface area contributed by atoms with Crippen molar-refractivity contribution in [3.63, 3.8) is 0 Å². The number of piperidine rings is 1. The Morgan fingerprint density at radius 2 is 1.79 bits per heavy atom. The van der Waals surface area contributed by atoms with Gasteiger partial charge >= 0.3 is 0 Å². The predicted molar refractivity (Wildman–Crippen MR) is 209 cm³/mol. The van der Waals surface area contributed by atoms with E-state index in [-0.39, 0.29) is 6.61 Å². The maximum Gasteiger partial charge on any atom is 0.142 e. The SMILES string of the molecule is Cc1ncsc1CCNCc1cc(Cl)c(OCc2cccc(-c3cccc(OCC4CCCN(C)C4)c3Cl)c2C)cc1OCc1cncc(C#N)c1. The first kappa shape index (κ1) is 37.6. The molecule has 1 aliphatic rings. The molecule has 1 unspecified atom stereocenters. The highest BCUT2D eigenvalue weighted by Gasteiger charge is 2.20. The van der Waals surface area contributed by atoms with Gasteiger partial charge in [0.05, 0.1) is 33.4 Å². The van der Waals surface area contributed by atoms with E-state index in [4.69, 9.17) is 37.4 Å². The number of ether oxygens (including phenoxy) is 3. The molecule has 270 valence electrons. The predicted octanol–water partition coefficient (Wildman–Crippen LogP) is 9.21. The number of aromatic nitrogens is 2. The Balaban J connectivity index is 1.17. The lowest BCUT2D eigenvalue weighted by Gasteiger charge is -2.29. The van der Waals surface area contributed by atoms with Gasteiger partial charge in [-0.2, -0.15) is 5.26 Å². The minimum atomic E-state index is 0.235. The molecular weight excluding hydrogens is 713 g/mol. The molecular formula is C41H43Cl2N5O3S. The number of aryl methyl sites for hydroxylation is 1. The summed E-state index contributed by atoms with van der Waals surface area (Å²) in [4.78, 5) is 12.2. The van der Waals surface area contributed by atoms with Gasteiger partial charge < -0.3 is 24.4 Å². The molecule has 2 aromatic heterocycles. The van der Waals surface area contributed by atoms with Crippen LogP contribution in [0.4, 0.5) is 0 Å². The van der Waals surface area contributed by atoms with Crippen LogP contribution in [0.5, 0.6) is 17.2 Å². The number of pyridine rings is 1. The molecule has 0 aliphatic carbocycles. The minimum absolute atomic E-state index is 0.235. The van der Waals surface area contributed by atoms with Crippen molar-refractivity contribution in [2.24, 2.45) is 5.92 Å². The van der Waals surface area contributed by atoms with Crippen LogP contribution < -0.4 is 19.5 Å². The molecule has 1 aliphatic heterocycles. The Morgan fingerprint density at radius 3 is 2.60 bits per heavy atom. The molecule has 6 rings (SSSR count). The molecule has 1 N–H and O–H groups in total. The summed E-state index contributed by atoms with van der Waals surface area (Å²) in [5.41, 5.74) is 9.12. The summed E-state index contributed by atoms with van der Waals surface area (Å²) < 4.78 is 19.0. The number of thiazole rings is 1. The lowest BCUT2D eigenvalue weighted by atomic mass is 9.96. The van der Waals surface area contributed by atoms with Gasteiger partial charge in [0.2, 0.25) is 0 Å². The number of hydrogen-bond donors (Lipinski definition) is 1. The summed E-state index contributed by atoms with van der Waals surface area (Å²) in [6.45, 7) is 8.80. The maximum absolute atomic E-state index is 9.33. The van der Waals surface area contributed by atoms with Crippen molar-refractivity contribution in [2.45, 2.75) is 52.9 Å². The number of nitriles is 1. The lowest BCUT2D eigenvalue weighted by molar-refractivity contribution is 0.150. The van der Waals surface area contributed by atoms with Crippen LogP contribution in [0.3, 0.4) is 0 Å². The second-order valence-electron chi connectivity index (χ2n) is 13.2. The van der Waals surface area contributed by atoms with Crippen molar-refractivity contribution in [3.05, 3.63) is 121 Å². The molecule has 52 heavy (non-hydrogen) atoms. The standard InChI is InChI=1S/C41H43Cl2N5O3S/c1-27-32(8-4-9-34(27)35-10-5-11-37(41(35)43)49-23-29-7-6-14-48(3)22-29)25-51-39-17-38(50-24-31-15-30(18-44)19-46-20-31)33(16-36(39)42)21-45-13-12-40-28(2)47-26-52-40/h4-5,8-11,15-17,19-20,26,29,45H,6-7,12-14,21-25H2,1-3H3. The summed E-state index contributed by atoms with van der Waals surface area (Å²) in [5, 5.41) is 13.9. The summed E-state index contributed by atoms with van der Waals surface area (Å²) >= 11 is 15.5. The summed E-state index contributed by atoms with van der Waals surface area (Å²) in [6.07, 6.45) is 6.47. The Labute approximate surface area is 320 Å². The normalized spacial score (nSPS) is 14.6. The van der Waals surface area contributed by atoms with Crippen molar-refractivity contribution in [1.82, 2.24) is 20.2 Å². The van der Waals surface area contributed by atoms with Crippen LogP contribution in [0.25, 0.3) is 11.1 Å². The van der Waals surface area contributed by atoms with E-state index in [1.807, 2.05) is 48.8 Å². The molecule has 3 heterocycles. The van der Waals surface area contributed by atoms with Gasteiger partial charge in [0.1, 0.15) is 36.5 Å². The quantitative estimate of drug-likeness (QED) is 0.106. The number of nitrogens with zero attached hydrogens (tertiary/aromatic N) is 4. The van der Waals surface area contributed by atoms with Crippen LogP contribution in [0.2, 0.25) is 10.0 Å². The average molecular weight is 757 g/mol. The zero-order valence-corrected chi connectivity index (χ0v) is 32.1. The van der Waals surface area contributed by atoms with Gasteiger partial charge in [0.15, 0.2) is 0 Å². The third kappa shape index (κ3) is 9.62. The highest BCUT2D eigenvalue weighted by molar-refractivity contribution is 7.09. The first-order valence-corrected chi connectivity index (χ1v) is 19.1. The van der Waals surface area contributed by atoms with Gasteiger partial charge in [0, 0.05) is 65.6 Å². The van der Waals surface area contributed by atoms with Gasteiger partial charge in [-0.25, -0.2) is 4.98 Å². The topological polar surface area (TPSA) is 92.5 Å². The second kappa shape index (κ2) is 18.0. The molecule has 1 saturated heterocycles. The van der Waals surface area contributed by atoms with E-state index in [2.05, 4.69) is 52.4 Å². The van der Waals surface area contributed by atoms with Crippen LogP contribution in [0.15, 0.2) is 72.5 Å². The van der Waals surface area contributed by atoms with Gasteiger partial charge in [0.25, 0.3) is 0 Å². The molecule has 0 saturated carbocycles. The van der Waals surface area contributed by atoms with Gasteiger partial charge in [-0.15, -0.1) is 11.3 Å². The van der Waals surface area contributed by atoms with E-state index < -0.39 is 0 Å². The monoisotopic (exact) mass is 755 g/mol. The summed E-state index contributed by atoms with van der Waals surface area (Å²) in [5.74, 6) is 2.35. The Morgan fingerprint density at radius 1 is 0.962 bits per heavy atom. The van der Waals surface area contributed by atoms with Crippen molar-refractivity contribution < 1.29 is 14.2 Å². The van der Waals surface area contributed by atoms with Crippen LogP contribution in [-0.2, 0) is 26.2 Å². The number of nitrogens with one attached hydrogen (secondary N) is 1. The molecule has 3 aromatic carbocycles. The van der Waals surface area contributed by atoms with E-state index >= 15 is 0 Å². The molecule has 5 aromatic rings. The van der Waals surface area contributed by atoms with E-state index in [1.165, 1.54) is 23.9 Å². The first-order chi connectivity index (χ1) is 25.3. The van der Waals surface area contributed by atoms with E-state index in [0.29, 0.717) is 58.5 Å². The van der Waals surface area contributed by atoms with E-state index in [9.17, 15) is 5.26 Å². The molecule has 0 bridgehead atoms. The number of likely N-dealkylation sites (tertiary alicyclic amines) is 1. The third-order valence-electron chi connectivity index (χ3n) is 9.40.